The van der Waals surface area contributed by atoms with Crippen molar-refractivity contribution in [3.63, 3.8) is 0 Å². The molecule has 134 valence electrons. The number of aryl methyl sites for hydroxylation is 1. The van der Waals surface area contributed by atoms with Crippen molar-refractivity contribution in [1.82, 2.24) is 4.98 Å². The van der Waals surface area contributed by atoms with Crippen molar-refractivity contribution in [3.8, 4) is 11.8 Å². The first-order valence-corrected chi connectivity index (χ1v) is 10.2. The molecular weight excluding hydrogens is 356 g/mol. The Morgan fingerprint density at radius 3 is 2.44 bits per heavy atom. The van der Waals surface area contributed by atoms with Crippen LogP contribution >= 0.6 is 0 Å². The van der Waals surface area contributed by atoms with Gasteiger partial charge in [0, 0.05) is 34.7 Å². The first-order chi connectivity index (χ1) is 12.9. The molecule has 1 heterocycles. The molecule has 5 heteroatoms. The van der Waals surface area contributed by atoms with Gasteiger partial charge in [-0.15, -0.1) is 0 Å². The number of rotatable bonds is 2. The molecule has 0 N–H and O–H groups in total. The van der Waals surface area contributed by atoms with Crippen LogP contribution in [0.3, 0.4) is 0 Å². The lowest BCUT2D eigenvalue weighted by Crippen LogP contribution is -2.04. The maximum atomic E-state index is 12.8. The maximum Gasteiger partial charge on any atom is 0.286 e. The molecule has 27 heavy (non-hydrogen) atoms. The Morgan fingerprint density at radius 2 is 1.70 bits per heavy atom. The number of aromatic nitrogens is 1. The molecule has 1 unspecified atom stereocenters. The average Bonchev–Trinajstić information content (AvgIpc) is 2.67. The van der Waals surface area contributed by atoms with Crippen LogP contribution in [-0.4, -0.2) is 21.4 Å². The van der Waals surface area contributed by atoms with Crippen LogP contribution in [0.4, 0.5) is 0 Å². The highest BCUT2D eigenvalue weighted by molar-refractivity contribution is 7.93. The Labute approximate surface area is 159 Å². The molecule has 1 amide bonds. The zero-order valence-corrected chi connectivity index (χ0v) is 15.9. The number of pyridine rings is 1. The lowest BCUT2D eigenvalue weighted by atomic mass is 10.1. The number of hydrogen-bond donors (Lipinski definition) is 0. The van der Waals surface area contributed by atoms with E-state index < -0.39 is 15.6 Å². The average molecular weight is 374 g/mol. The topological polar surface area (TPSA) is 59.4 Å². The van der Waals surface area contributed by atoms with E-state index in [2.05, 4.69) is 21.2 Å². The van der Waals surface area contributed by atoms with Gasteiger partial charge in [-0.2, -0.15) is 4.36 Å². The van der Waals surface area contributed by atoms with Gasteiger partial charge in [-0.1, -0.05) is 42.2 Å². The van der Waals surface area contributed by atoms with E-state index in [1.54, 1.807) is 36.5 Å². The first-order valence-electron chi connectivity index (χ1n) is 8.29. The maximum absolute atomic E-state index is 12.8. The van der Waals surface area contributed by atoms with Gasteiger partial charge in [0.15, 0.2) is 0 Å². The van der Waals surface area contributed by atoms with Crippen LogP contribution in [0.25, 0.3) is 0 Å². The predicted octanol–water partition coefficient (Wildman–Crippen LogP) is 4.09. The fraction of sp³-hybridized carbons (Fsp3) is 0.0909. The summed E-state index contributed by atoms with van der Waals surface area (Å²) in [6.45, 7) is 2.00. The Kier molecular flexibility index (Phi) is 5.49. The SMILES string of the molecule is Cc1cccc(C#Cc2cncc(C(=O)N=S(C)(=O)c3ccccc3)c2)c1. The van der Waals surface area contributed by atoms with Gasteiger partial charge < -0.3 is 0 Å². The van der Waals surface area contributed by atoms with E-state index in [-0.39, 0.29) is 5.56 Å². The summed E-state index contributed by atoms with van der Waals surface area (Å²) in [4.78, 5) is 17.0. The van der Waals surface area contributed by atoms with Crippen LogP contribution < -0.4 is 0 Å². The molecule has 3 rings (SSSR count). The van der Waals surface area contributed by atoms with Crippen LogP contribution in [-0.2, 0) is 9.73 Å². The van der Waals surface area contributed by atoms with E-state index in [0.29, 0.717) is 10.5 Å². The van der Waals surface area contributed by atoms with Crippen LogP contribution in [0.2, 0.25) is 0 Å². The fourth-order valence-corrected chi connectivity index (χ4v) is 3.62. The van der Waals surface area contributed by atoms with Crippen molar-refractivity contribution in [2.45, 2.75) is 11.8 Å². The minimum absolute atomic E-state index is 0.261. The third-order valence-electron chi connectivity index (χ3n) is 3.79. The summed E-state index contributed by atoms with van der Waals surface area (Å²) in [5, 5.41) is 0. The normalized spacial score (nSPS) is 12.4. The van der Waals surface area contributed by atoms with E-state index in [1.807, 2.05) is 37.3 Å². The molecule has 3 aromatic rings. The summed E-state index contributed by atoms with van der Waals surface area (Å²) in [5.74, 6) is 5.48. The molecule has 0 fully saturated rings. The molecule has 0 bridgehead atoms. The van der Waals surface area contributed by atoms with E-state index in [1.165, 1.54) is 12.5 Å². The molecule has 0 saturated carbocycles. The summed E-state index contributed by atoms with van der Waals surface area (Å²) in [6, 6.07) is 18.2. The second-order valence-corrected chi connectivity index (χ2v) is 8.35. The molecule has 1 atom stereocenters. The van der Waals surface area contributed by atoms with Crippen molar-refractivity contribution < 1.29 is 9.00 Å². The lowest BCUT2D eigenvalue weighted by Gasteiger charge is -2.03. The zero-order valence-electron chi connectivity index (χ0n) is 15.0. The summed E-state index contributed by atoms with van der Waals surface area (Å²) < 4.78 is 16.7. The van der Waals surface area contributed by atoms with Crippen molar-refractivity contribution >= 4 is 15.6 Å². The number of nitrogens with zero attached hydrogens (tertiary/aromatic N) is 2. The summed E-state index contributed by atoms with van der Waals surface area (Å²) >= 11 is 0. The van der Waals surface area contributed by atoms with Crippen molar-refractivity contribution in [2.24, 2.45) is 4.36 Å². The Balaban J connectivity index is 1.89. The third kappa shape index (κ3) is 4.90. The van der Waals surface area contributed by atoms with Crippen LogP contribution in [0.15, 0.2) is 82.3 Å². The molecule has 0 radical (unpaired) electrons. The van der Waals surface area contributed by atoms with Gasteiger partial charge in [-0.3, -0.25) is 9.78 Å². The minimum atomic E-state index is -2.82. The van der Waals surface area contributed by atoms with Gasteiger partial charge >= 0.3 is 0 Å². The molecule has 0 saturated heterocycles. The van der Waals surface area contributed by atoms with E-state index in [4.69, 9.17) is 0 Å². The highest BCUT2D eigenvalue weighted by Gasteiger charge is 2.11. The molecule has 0 aliphatic rings. The molecule has 1 aromatic heterocycles. The summed E-state index contributed by atoms with van der Waals surface area (Å²) in [7, 11) is -2.82. The van der Waals surface area contributed by atoms with E-state index in [9.17, 15) is 9.00 Å². The summed E-state index contributed by atoms with van der Waals surface area (Å²) in [5.41, 5.74) is 2.87. The van der Waals surface area contributed by atoms with Crippen molar-refractivity contribution in [2.75, 3.05) is 6.26 Å². The van der Waals surface area contributed by atoms with Gasteiger partial charge in [0.25, 0.3) is 5.91 Å². The second-order valence-electron chi connectivity index (χ2n) is 6.09. The Hall–Kier alpha value is -3.23. The largest absolute Gasteiger partial charge is 0.286 e. The predicted molar refractivity (Wildman–Crippen MR) is 107 cm³/mol. The minimum Gasteiger partial charge on any atom is -0.266 e. The highest BCUT2D eigenvalue weighted by Crippen LogP contribution is 2.13. The van der Waals surface area contributed by atoms with Gasteiger partial charge in [-0.05, 0) is 42.8 Å². The van der Waals surface area contributed by atoms with E-state index in [0.717, 1.165) is 11.1 Å². The second kappa shape index (κ2) is 7.98. The van der Waals surface area contributed by atoms with Gasteiger partial charge in [-0.25, -0.2) is 4.21 Å². The van der Waals surface area contributed by atoms with Gasteiger partial charge in [0.05, 0.1) is 15.3 Å². The zero-order chi connectivity index (χ0) is 19.3. The Bertz CT molecular complexity index is 1170. The standard InChI is InChI=1S/C22H18N2O2S/c1-17-7-6-8-18(13-17)11-12-19-14-20(16-23-15-19)22(25)24-27(2,26)21-9-4-3-5-10-21/h3-10,13-16H,1-2H3. The number of benzene rings is 2. The monoisotopic (exact) mass is 374 g/mol. The molecular formula is C22H18N2O2S. The fourth-order valence-electron chi connectivity index (χ4n) is 2.43. The van der Waals surface area contributed by atoms with Crippen molar-refractivity contribution in [3.05, 3.63) is 95.3 Å². The quantitative estimate of drug-likeness (QED) is 0.635. The number of carbonyl (C=O) groups excluding carboxylic acids is 1. The van der Waals surface area contributed by atoms with Crippen LogP contribution in [0, 0.1) is 18.8 Å². The van der Waals surface area contributed by atoms with Crippen LogP contribution in [0.5, 0.6) is 0 Å². The van der Waals surface area contributed by atoms with Crippen LogP contribution in [0.1, 0.15) is 27.0 Å². The third-order valence-corrected chi connectivity index (χ3v) is 5.45. The summed E-state index contributed by atoms with van der Waals surface area (Å²) in [6.07, 6.45) is 4.44. The Morgan fingerprint density at radius 1 is 0.963 bits per heavy atom. The number of hydrogen-bond acceptors (Lipinski definition) is 3. The van der Waals surface area contributed by atoms with Gasteiger partial charge in [0.2, 0.25) is 0 Å². The number of amides is 1. The molecule has 2 aromatic carbocycles. The van der Waals surface area contributed by atoms with E-state index >= 15 is 0 Å². The highest BCUT2D eigenvalue weighted by atomic mass is 32.2. The number of carbonyl (C=O) groups is 1. The molecule has 0 aliphatic carbocycles. The van der Waals surface area contributed by atoms with Gasteiger partial charge in [0.1, 0.15) is 0 Å². The smallest absolute Gasteiger partial charge is 0.266 e. The first kappa shape index (κ1) is 18.6. The lowest BCUT2D eigenvalue weighted by molar-refractivity contribution is 0.100. The molecule has 0 aliphatic heterocycles. The molecule has 0 spiro atoms. The van der Waals surface area contributed by atoms with Crippen molar-refractivity contribution in [1.29, 1.82) is 0 Å². The molecule has 4 nitrogen and oxygen atoms in total.